The van der Waals surface area contributed by atoms with Crippen LogP contribution >= 0.6 is 24.0 Å². The van der Waals surface area contributed by atoms with Crippen LogP contribution < -0.4 is 10.6 Å². The van der Waals surface area contributed by atoms with Crippen molar-refractivity contribution >= 4 is 46.4 Å². The Labute approximate surface area is 180 Å². The van der Waals surface area contributed by atoms with Crippen molar-refractivity contribution in [2.75, 3.05) is 12.3 Å². The molecular formula is C18H29IN6OS. The van der Waals surface area contributed by atoms with Crippen molar-refractivity contribution in [3.05, 3.63) is 30.2 Å². The summed E-state index contributed by atoms with van der Waals surface area (Å²) in [5, 5.41) is 15.5. The number of fused-ring (bicyclic) bond motifs is 1. The summed E-state index contributed by atoms with van der Waals surface area (Å²) in [5.41, 5.74) is 0.827. The molecule has 0 aromatic carbocycles. The molecule has 3 unspecified atom stereocenters. The van der Waals surface area contributed by atoms with Crippen LogP contribution in [0.2, 0.25) is 0 Å². The van der Waals surface area contributed by atoms with Gasteiger partial charge in [-0.25, -0.2) is 4.99 Å². The predicted octanol–water partition coefficient (Wildman–Crippen LogP) is 2.48. The Hall–Kier alpha value is -1.23. The number of aliphatic imine (C=N–C) groups is 1. The lowest BCUT2D eigenvalue weighted by Gasteiger charge is -2.30. The first-order valence-corrected chi connectivity index (χ1v) is 10.8. The van der Waals surface area contributed by atoms with E-state index in [1.807, 2.05) is 35.7 Å². The fraction of sp³-hybridized carbons (Fsp3) is 0.611. The van der Waals surface area contributed by atoms with Gasteiger partial charge in [-0.1, -0.05) is 19.4 Å². The summed E-state index contributed by atoms with van der Waals surface area (Å²) >= 11 is 0. The van der Waals surface area contributed by atoms with Gasteiger partial charge in [0.15, 0.2) is 17.4 Å². The Kier molecular flexibility index (Phi) is 8.94. The van der Waals surface area contributed by atoms with E-state index in [2.05, 4.69) is 32.7 Å². The molecule has 1 saturated carbocycles. The zero-order chi connectivity index (χ0) is 18.4. The van der Waals surface area contributed by atoms with E-state index >= 15 is 0 Å². The van der Waals surface area contributed by atoms with Crippen LogP contribution in [0.1, 0.15) is 45.4 Å². The van der Waals surface area contributed by atoms with Crippen LogP contribution in [0.4, 0.5) is 0 Å². The van der Waals surface area contributed by atoms with E-state index in [4.69, 9.17) is 0 Å². The maximum absolute atomic E-state index is 12.1. The summed E-state index contributed by atoms with van der Waals surface area (Å²) < 4.78 is 14.1. The minimum absolute atomic E-state index is 0. The summed E-state index contributed by atoms with van der Waals surface area (Å²) in [4.78, 5) is 4.69. The van der Waals surface area contributed by atoms with E-state index in [0.29, 0.717) is 17.8 Å². The SMILES string of the molecule is CCNC(=NCc1nnc2ccccn12)NC1CCCC(S(=O)CC)C1.I. The summed E-state index contributed by atoms with van der Waals surface area (Å²) in [7, 11) is -0.718. The van der Waals surface area contributed by atoms with Gasteiger partial charge >= 0.3 is 0 Å². The first-order chi connectivity index (χ1) is 12.7. The monoisotopic (exact) mass is 504 g/mol. The molecule has 7 nitrogen and oxygen atoms in total. The van der Waals surface area contributed by atoms with Gasteiger partial charge in [-0.2, -0.15) is 0 Å². The predicted molar refractivity (Wildman–Crippen MR) is 121 cm³/mol. The first kappa shape index (κ1) is 22.1. The molecule has 27 heavy (non-hydrogen) atoms. The first-order valence-electron chi connectivity index (χ1n) is 9.42. The zero-order valence-electron chi connectivity index (χ0n) is 15.9. The summed E-state index contributed by atoms with van der Waals surface area (Å²) in [6.45, 7) is 5.31. The van der Waals surface area contributed by atoms with E-state index < -0.39 is 10.8 Å². The maximum atomic E-state index is 12.1. The molecule has 0 radical (unpaired) electrons. The highest BCUT2D eigenvalue weighted by molar-refractivity contribution is 14.0. The molecule has 0 spiro atoms. The van der Waals surface area contributed by atoms with E-state index in [-0.39, 0.29) is 24.0 Å². The number of aromatic nitrogens is 3. The van der Waals surface area contributed by atoms with Gasteiger partial charge in [0.1, 0.15) is 6.54 Å². The van der Waals surface area contributed by atoms with Crippen LogP contribution in [-0.4, -0.2) is 48.4 Å². The molecule has 9 heteroatoms. The average Bonchev–Trinajstić information content (AvgIpc) is 3.09. The Morgan fingerprint density at radius 1 is 1.33 bits per heavy atom. The van der Waals surface area contributed by atoms with Crippen LogP contribution in [0, 0.1) is 0 Å². The summed E-state index contributed by atoms with van der Waals surface area (Å²) in [5.74, 6) is 2.34. The van der Waals surface area contributed by atoms with Gasteiger partial charge in [-0.15, -0.1) is 34.2 Å². The highest BCUT2D eigenvalue weighted by Crippen LogP contribution is 2.23. The lowest BCUT2D eigenvalue weighted by Crippen LogP contribution is -2.46. The van der Waals surface area contributed by atoms with Crippen LogP contribution in [0.3, 0.4) is 0 Å². The minimum Gasteiger partial charge on any atom is -0.357 e. The Morgan fingerprint density at radius 3 is 2.96 bits per heavy atom. The highest BCUT2D eigenvalue weighted by Gasteiger charge is 2.26. The molecule has 0 amide bonds. The van der Waals surface area contributed by atoms with Gasteiger partial charge in [-0.3, -0.25) is 8.61 Å². The Bertz CT molecular complexity index is 780. The molecule has 2 aromatic heterocycles. The fourth-order valence-corrected chi connectivity index (χ4v) is 4.76. The minimum atomic E-state index is -0.718. The number of nitrogens with one attached hydrogen (secondary N) is 2. The average molecular weight is 504 g/mol. The van der Waals surface area contributed by atoms with Crippen molar-refractivity contribution < 1.29 is 4.21 Å². The van der Waals surface area contributed by atoms with Gasteiger partial charge in [0.2, 0.25) is 0 Å². The van der Waals surface area contributed by atoms with E-state index in [0.717, 1.165) is 55.4 Å². The molecule has 2 N–H and O–H groups in total. The molecule has 1 aliphatic carbocycles. The number of guanidine groups is 1. The molecule has 2 heterocycles. The van der Waals surface area contributed by atoms with Crippen LogP contribution in [0.15, 0.2) is 29.4 Å². The molecule has 2 aromatic rings. The number of rotatable bonds is 6. The number of pyridine rings is 1. The number of hydrogen-bond acceptors (Lipinski definition) is 4. The number of halogens is 1. The van der Waals surface area contributed by atoms with Crippen molar-refractivity contribution in [3.63, 3.8) is 0 Å². The molecule has 1 fully saturated rings. The third kappa shape index (κ3) is 5.87. The topological polar surface area (TPSA) is 83.7 Å². The van der Waals surface area contributed by atoms with Crippen LogP contribution in [-0.2, 0) is 17.3 Å². The summed E-state index contributed by atoms with van der Waals surface area (Å²) in [6, 6.07) is 6.16. The fourth-order valence-electron chi connectivity index (χ4n) is 3.41. The van der Waals surface area contributed by atoms with Gasteiger partial charge in [0, 0.05) is 40.6 Å². The molecule has 150 valence electrons. The highest BCUT2D eigenvalue weighted by atomic mass is 127. The van der Waals surface area contributed by atoms with Gasteiger partial charge in [0.05, 0.1) is 0 Å². The van der Waals surface area contributed by atoms with Crippen molar-refractivity contribution in [3.8, 4) is 0 Å². The molecule has 3 rings (SSSR count). The standard InChI is InChI=1S/C18H28N6OS.HI/c1-3-19-18(21-14-8-7-9-15(12-14)26(25)4-2)20-13-17-23-22-16-10-5-6-11-24(16)17;/h5-6,10-11,14-15H,3-4,7-9,12-13H2,1-2H3,(H2,19,20,21);1H. The third-order valence-corrected chi connectivity index (χ3v) is 6.47. The van der Waals surface area contributed by atoms with E-state index in [9.17, 15) is 4.21 Å². The van der Waals surface area contributed by atoms with Crippen LogP contribution in [0.25, 0.3) is 5.65 Å². The molecule has 3 atom stereocenters. The van der Waals surface area contributed by atoms with Crippen molar-refractivity contribution in [2.45, 2.75) is 57.4 Å². The maximum Gasteiger partial charge on any atom is 0.191 e. The lowest BCUT2D eigenvalue weighted by molar-refractivity contribution is 0.413. The van der Waals surface area contributed by atoms with Crippen molar-refractivity contribution in [1.82, 2.24) is 25.2 Å². The normalized spacial score (nSPS) is 21.5. The second-order valence-corrected chi connectivity index (χ2v) is 8.55. The van der Waals surface area contributed by atoms with E-state index in [1.54, 1.807) is 0 Å². The zero-order valence-corrected chi connectivity index (χ0v) is 19.1. The molecule has 0 bridgehead atoms. The Morgan fingerprint density at radius 2 is 2.19 bits per heavy atom. The van der Waals surface area contributed by atoms with Gasteiger partial charge < -0.3 is 10.6 Å². The van der Waals surface area contributed by atoms with Crippen molar-refractivity contribution in [1.29, 1.82) is 0 Å². The van der Waals surface area contributed by atoms with Crippen molar-refractivity contribution in [2.24, 2.45) is 4.99 Å². The quantitative estimate of drug-likeness (QED) is 0.359. The smallest absolute Gasteiger partial charge is 0.191 e. The Balaban J connectivity index is 0.00000261. The molecule has 0 aliphatic heterocycles. The van der Waals surface area contributed by atoms with E-state index in [1.165, 1.54) is 0 Å². The second kappa shape index (κ2) is 10.9. The molecular weight excluding hydrogens is 475 g/mol. The summed E-state index contributed by atoms with van der Waals surface area (Å²) in [6.07, 6.45) is 6.17. The van der Waals surface area contributed by atoms with Crippen LogP contribution in [0.5, 0.6) is 0 Å². The molecule has 0 saturated heterocycles. The molecule has 1 aliphatic rings. The second-order valence-electron chi connectivity index (χ2n) is 6.54. The number of nitrogens with zero attached hydrogens (tertiary/aromatic N) is 4. The third-order valence-electron chi connectivity index (χ3n) is 4.73. The number of hydrogen-bond donors (Lipinski definition) is 2. The largest absolute Gasteiger partial charge is 0.357 e. The van der Waals surface area contributed by atoms with Gasteiger partial charge in [-0.05, 0) is 38.3 Å². The lowest BCUT2D eigenvalue weighted by atomic mass is 9.95. The van der Waals surface area contributed by atoms with Gasteiger partial charge in [0.25, 0.3) is 0 Å².